The van der Waals surface area contributed by atoms with E-state index in [1.807, 2.05) is 26.0 Å². The molecule has 0 spiro atoms. The highest BCUT2D eigenvalue weighted by Crippen LogP contribution is 2.33. The lowest BCUT2D eigenvalue weighted by Gasteiger charge is -2.17. The van der Waals surface area contributed by atoms with Crippen molar-refractivity contribution < 1.29 is 24.1 Å². The second kappa shape index (κ2) is 5.28. The van der Waals surface area contributed by atoms with Crippen molar-refractivity contribution in [3.63, 3.8) is 0 Å². The lowest BCUT2D eigenvalue weighted by molar-refractivity contribution is -0.150. The molecule has 1 aliphatic heterocycles. The highest BCUT2D eigenvalue weighted by molar-refractivity contribution is 5.76. The number of carbonyl (C=O) groups excluding carboxylic acids is 1. The fourth-order valence-electron chi connectivity index (χ4n) is 1.99. The van der Waals surface area contributed by atoms with Gasteiger partial charge < -0.3 is 19.3 Å². The SMILES string of the molecule is COC(=O)C(O)c1ccc(C2COC(C)(C)O2)cc1. The Morgan fingerprint density at radius 1 is 1.42 bits per heavy atom. The van der Waals surface area contributed by atoms with E-state index in [1.54, 1.807) is 12.1 Å². The second-order valence-corrected chi connectivity index (χ2v) is 4.91. The summed E-state index contributed by atoms with van der Waals surface area (Å²) in [5.41, 5.74) is 1.44. The minimum atomic E-state index is -1.25. The van der Waals surface area contributed by atoms with E-state index in [2.05, 4.69) is 4.74 Å². The van der Waals surface area contributed by atoms with Gasteiger partial charge in [-0.15, -0.1) is 0 Å². The summed E-state index contributed by atoms with van der Waals surface area (Å²) < 4.78 is 15.7. The van der Waals surface area contributed by atoms with Gasteiger partial charge in [0.25, 0.3) is 0 Å². The van der Waals surface area contributed by atoms with Crippen molar-refractivity contribution in [3.8, 4) is 0 Å². The molecule has 1 aromatic carbocycles. The summed E-state index contributed by atoms with van der Waals surface area (Å²) in [7, 11) is 1.24. The summed E-state index contributed by atoms with van der Waals surface area (Å²) in [5, 5.41) is 9.70. The van der Waals surface area contributed by atoms with Gasteiger partial charge in [0.1, 0.15) is 6.10 Å². The number of benzene rings is 1. The first-order chi connectivity index (χ1) is 8.93. The standard InChI is InChI=1S/C14H18O5/c1-14(2)18-8-11(19-14)9-4-6-10(7-5-9)12(15)13(16)17-3/h4-7,11-12,15H,8H2,1-3H3. The van der Waals surface area contributed by atoms with E-state index in [9.17, 15) is 9.90 Å². The number of esters is 1. The van der Waals surface area contributed by atoms with Crippen LogP contribution in [-0.4, -0.2) is 30.6 Å². The molecule has 2 unspecified atom stereocenters. The fourth-order valence-corrected chi connectivity index (χ4v) is 1.99. The van der Waals surface area contributed by atoms with Gasteiger partial charge in [0.15, 0.2) is 11.9 Å². The molecule has 0 aliphatic carbocycles. The van der Waals surface area contributed by atoms with Crippen molar-refractivity contribution >= 4 is 5.97 Å². The minimum Gasteiger partial charge on any atom is -0.467 e. The van der Waals surface area contributed by atoms with Crippen molar-refractivity contribution in [1.82, 2.24) is 0 Å². The molecule has 1 heterocycles. The molecular formula is C14H18O5. The Morgan fingerprint density at radius 2 is 2.05 bits per heavy atom. The number of hydrogen-bond donors (Lipinski definition) is 1. The predicted octanol–water partition coefficient (Wildman–Crippen LogP) is 1.72. The monoisotopic (exact) mass is 266 g/mol. The fraction of sp³-hybridized carbons (Fsp3) is 0.500. The lowest BCUT2D eigenvalue weighted by Crippen LogP contribution is -2.19. The molecule has 0 amide bonds. The maximum atomic E-state index is 11.2. The van der Waals surface area contributed by atoms with Gasteiger partial charge >= 0.3 is 5.97 Å². The highest BCUT2D eigenvalue weighted by Gasteiger charge is 2.33. The average Bonchev–Trinajstić information content (AvgIpc) is 2.77. The number of methoxy groups -OCH3 is 1. The third kappa shape index (κ3) is 3.12. The summed E-state index contributed by atoms with van der Waals surface area (Å²) in [6.07, 6.45) is -1.38. The molecule has 1 N–H and O–H groups in total. The number of carbonyl (C=O) groups is 1. The summed E-state index contributed by atoms with van der Waals surface area (Å²) in [6, 6.07) is 7.00. The molecule has 1 aromatic rings. The Bertz CT molecular complexity index is 451. The molecule has 1 fully saturated rings. The second-order valence-electron chi connectivity index (χ2n) is 4.91. The predicted molar refractivity (Wildman–Crippen MR) is 67.3 cm³/mol. The molecule has 0 aromatic heterocycles. The highest BCUT2D eigenvalue weighted by atomic mass is 16.7. The molecule has 0 saturated carbocycles. The normalized spacial score (nSPS) is 23.1. The molecule has 0 radical (unpaired) electrons. The van der Waals surface area contributed by atoms with Crippen LogP contribution < -0.4 is 0 Å². The molecule has 104 valence electrons. The van der Waals surface area contributed by atoms with E-state index < -0.39 is 17.9 Å². The molecular weight excluding hydrogens is 248 g/mol. The van der Waals surface area contributed by atoms with Crippen LogP contribution in [0, 0.1) is 0 Å². The third-order valence-electron chi connectivity index (χ3n) is 3.06. The molecule has 1 aliphatic rings. The lowest BCUT2D eigenvalue weighted by atomic mass is 10.0. The van der Waals surface area contributed by atoms with Crippen molar-refractivity contribution in [1.29, 1.82) is 0 Å². The Morgan fingerprint density at radius 3 is 2.53 bits per heavy atom. The molecule has 5 nitrogen and oxygen atoms in total. The molecule has 19 heavy (non-hydrogen) atoms. The molecule has 5 heteroatoms. The van der Waals surface area contributed by atoms with Crippen molar-refractivity contribution in [2.24, 2.45) is 0 Å². The first-order valence-electron chi connectivity index (χ1n) is 6.10. The van der Waals surface area contributed by atoms with Gasteiger partial charge in [-0.05, 0) is 25.0 Å². The third-order valence-corrected chi connectivity index (χ3v) is 3.06. The number of ether oxygens (including phenoxy) is 3. The van der Waals surface area contributed by atoms with Crippen LogP contribution in [0.25, 0.3) is 0 Å². The zero-order chi connectivity index (χ0) is 14.0. The van der Waals surface area contributed by atoms with Gasteiger partial charge in [-0.1, -0.05) is 24.3 Å². The van der Waals surface area contributed by atoms with Gasteiger partial charge in [0.2, 0.25) is 0 Å². The first-order valence-corrected chi connectivity index (χ1v) is 6.10. The molecule has 0 bridgehead atoms. The van der Waals surface area contributed by atoms with Crippen LogP contribution in [0.15, 0.2) is 24.3 Å². The Balaban J connectivity index is 2.09. The van der Waals surface area contributed by atoms with E-state index in [0.29, 0.717) is 12.2 Å². The van der Waals surface area contributed by atoms with Crippen LogP contribution in [0.4, 0.5) is 0 Å². The van der Waals surface area contributed by atoms with Crippen LogP contribution in [0.2, 0.25) is 0 Å². The van der Waals surface area contributed by atoms with E-state index in [4.69, 9.17) is 9.47 Å². The smallest absolute Gasteiger partial charge is 0.339 e. The van der Waals surface area contributed by atoms with Crippen molar-refractivity contribution in [2.45, 2.75) is 31.8 Å². The van der Waals surface area contributed by atoms with Crippen LogP contribution in [0.5, 0.6) is 0 Å². The summed E-state index contributed by atoms with van der Waals surface area (Å²) in [4.78, 5) is 11.2. The maximum Gasteiger partial charge on any atom is 0.339 e. The Hall–Kier alpha value is -1.43. The number of aliphatic hydroxyl groups is 1. The van der Waals surface area contributed by atoms with Crippen LogP contribution in [-0.2, 0) is 19.0 Å². The number of aliphatic hydroxyl groups excluding tert-OH is 1. The summed E-state index contributed by atoms with van der Waals surface area (Å²) >= 11 is 0. The van der Waals surface area contributed by atoms with E-state index in [1.165, 1.54) is 7.11 Å². The van der Waals surface area contributed by atoms with E-state index >= 15 is 0 Å². The van der Waals surface area contributed by atoms with Crippen molar-refractivity contribution in [2.75, 3.05) is 13.7 Å². The van der Waals surface area contributed by atoms with Crippen molar-refractivity contribution in [3.05, 3.63) is 35.4 Å². The van der Waals surface area contributed by atoms with Gasteiger partial charge in [-0.25, -0.2) is 4.79 Å². The maximum absolute atomic E-state index is 11.2. The Labute approximate surface area is 112 Å². The number of hydrogen-bond acceptors (Lipinski definition) is 5. The van der Waals surface area contributed by atoms with Crippen LogP contribution in [0.3, 0.4) is 0 Å². The summed E-state index contributed by atoms with van der Waals surface area (Å²) in [5.74, 6) is -1.25. The number of rotatable bonds is 3. The topological polar surface area (TPSA) is 65.0 Å². The zero-order valence-electron chi connectivity index (χ0n) is 11.3. The van der Waals surface area contributed by atoms with Crippen LogP contribution in [0.1, 0.15) is 37.2 Å². The van der Waals surface area contributed by atoms with Gasteiger partial charge in [0, 0.05) is 0 Å². The molecule has 2 atom stereocenters. The van der Waals surface area contributed by atoms with Crippen LogP contribution >= 0.6 is 0 Å². The van der Waals surface area contributed by atoms with Gasteiger partial charge in [0.05, 0.1) is 13.7 Å². The first kappa shape index (κ1) is 14.0. The van der Waals surface area contributed by atoms with Gasteiger partial charge in [-0.3, -0.25) is 0 Å². The minimum absolute atomic E-state index is 0.126. The molecule has 2 rings (SSSR count). The Kier molecular flexibility index (Phi) is 3.89. The zero-order valence-corrected chi connectivity index (χ0v) is 11.3. The van der Waals surface area contributed by atoms with E-state index in [0.717, 1.165) is 5.56 Å². The summed E-state index contributed by atoms with van der Waals surface area (Å²) in [6.45, 7) is 4.22. The van der Waals surface area contributed by atoms with Gasteiger partial charge in [-0.2, -0.15) is 0 Å². The largest absolute Gasteiger partial charge is 0.467 e. The average molecular weight is 266 g/mol. The van der Waals surface area contributed by atoms with E-state index in [-0.39, 0.29) is 6.10 Å². The molecule has 1 saturated heterocycles. The quantitative estimate of drug-likeness (QED) is 0.844.